The third kappa shape index (κ3) is 6.42. The number of carbonyl (C=O) groups is 3. The van der Waals surface area contributed by atoms with Crippen molar-refractivity contribution in [3.63, 3.8) is 0 Å². The van der Waals surface area contributed by atoms with Gasteiger partial charge in [-0.05, 0) is 60.7 Å². The van der Waals surface area contributed by atoms with Crippen LogP contribution in [0, 0.1) is 0 Å². The van der Waals surface area contributed by atoms with E-state index in [2.05, 4.69) is 25.6 Å². The monoisotopic (exact) mass is 634 g/mol. The van der Waals surface area contributed by atoms with Gasteiger partial charge in [0.1, 0.15) is 6.04 Å². The molecule has 216 valence electrons. The lowest BCUT2D eigenvalue weighted by Crippen LogP contribution is -2.56. The second kappa shape index (κ2) is 12.0. The molecule has 0 bridgehead atoms. The molecule has 0 saturated carbocycles. The molecule has 3 aliphatic heterocycles. The van der Waals surface area contributed by atoms with Crippen LogP contribution in [0.1, 0.15) is 25.7 Å². The minimum Gasteiger partial charge on any atom is -0.351 e. The van der Waals surface area contributed by atoms with E-state index in [-0.39, 0.29) is 29.3 Å². The molecule has 2 aromatic carbocycles. The van der Waals surface area contributed by atoms with Gasteiger partial charge in [0.2, 0.25) is 21.8 Å². The van der Waals surface area contributed by atoms with E-state index in [4.69, 9.17) is 5.73 Å². The number of carbonyl (C=O) groups excluding carboxylic acids is 3. The molecule has 2 aromatic rings. The topological polar surface area (TPSA) is 136 Å². The number of primary amides is 1. The van der Waals surface area contributed by atoms with Crippen molar-refractivity contribution in [3.05, 3.63) is 40.9 Å². The molecule has 3 saturated heterocycles. The van der Waals surface area contributed by atoms with Crippen molar-refractivity contribution in [2.24, 2.45) is 5.73 Å². The minimum absolute atomic E-state index is 0.0512. The molecule has 0 radical (unpaired) electrons. The SMILES string of the molecule is NC(=O)N1CCN(CC2CCCN2C(=O)CN2CCCC(NS(=O)(=O)c3ccc4cc(Br)ccc4c3)C2=O)CC1. The van der Waals surface area contributed by atoms with Crippen molar-refractivity contribution in [1.82, 2.24) is 24.3 Å². The standard InChI is InChI=1S/C27H35BrN6O5S/c28-21-7-5-20-16-23(8-6-19(20)15-21)40(38,39)30-24-4-2-9-33(26(24)36)18-25(35)34-10-1-3-22(34)17-31-11-13-32(14-12-31)27(29)37/h5-8,15-16,22,24,30H,1-4,9-14,17-18H2,(H2,29,37). The van der Waals surface area contributed by atoms with Crippen LogP contribution in [0.15, 0.2) is 45.8 Å². The molecule has 2 atom stereocenters. The highest BCUT2D eigenvalue weighted by molar-refractivity contribution is 9.10. The number of rotatable bonds is 7. The smallest absolute Gasteiger partial charge is 0.314 e. The summed E-state index contributed by atoms with van der Waals surface area (Å²) in [6.07, 6.45) is 2.77. The van der Waals surface area contributed by atoms with E-state index in [0.29, 0.717) is 52.1 Å². The van der Waals surface area contributed by atoms with Crippen LogP contribution in [-0.4, -0.2) is 110 Å². The summed E-state index contributed by atoms with van der Waals surface area (Å²) in [4.78, 5) is 45.3. The Hall–Kier alpha value is -2.74. The van der Waals surface area contributed by atoms with Crippen molar-refractivity contribution < 1.29 is 22.8 Å². The summed E-state index contributed by atoms with van der Waals surface area (Å²) in [5.74, 6) is -0.484. The summed E-state index contributed by atoms with van der Waals surface area (Å²) in [6, 6.07) is 9.20. The Kier molecular flexibility index (Phi) is 8.64. The van der Waals surface area contributed by atoms with Crippen LogP contribution in [-0.2, 0) is 19.6 Å². The number of halogens is 1. The van der Waals surface area contributed by atoms with Crippen molar-refractivity contribution in [2.45, 2.75) is 42.7 Å². The molecule has 0 aliphatic carbocycles. The van der Waals surface area contributed by atoms with Crippen LogP contribution >= 0.6 is 15.9 Å². The normalized spacial score (nSPS) is 22.7. The van der Waals surface area contributed by atoms with Gasteiger partial charge in [0.05, 0.1) is 11.4 Å². The average Bonchev–Trinajstić information content (AvgIpc) is 3.39. The zero-order valence-corrected chi connectivity index (χ0v) is 24.7. The maximum atomic E-state index is 13.3. The van der Waals surface area contributed by atoms with E-state index >= 15 is 0 Å². The van der Waals surface area contributed by atoms with Crippen LogP contribution in [0.3, 0.4) is 0 Å². The summed E-state index contributed by atoms with van der Waals surface area (Å²) in [6.45, 7) is 4.29. The fraction of sp³-hybridized carbons (Fsp3) is 0.519. The molecule has 13 heteroatoms. The summed E-state index contributed by atoms with van der Waals surface area (Å²) >= 11 is 3.42. The lowest BCUT2D eigenvalue weighted by atomic mass is 10.1. The summed E-state index contributed by atoms with van der Waals surface area (Å²) in [7, 11) is -3.94. The second-order valence-electron chi connectivity index (χ2n) is 10.7. The highest BCUT2D eigenvalue weighted by Gasteiger charge is 2.36. The van der Waals surface area contributed by atoms with Crippen molar-refractivity contribution >= 4 is 54.6 Å². The van der Waals surface area contributed by atoms with Gasteiger partial charge in [-0.1, -0.05) is 28.1 Å². The summed E-state index contributed by atoms with van der Waals surface area (Å²) in [5.41, 5.74) is 5.38. The largest absolute Gasteiger partial charge is 0.351 e. The zero-order valence-electron chi connectivity index (χ0n) is 22.3. The molecule has 5 rings (SSSR count). The first-order valence-electron chi connectivity index (χ1n) is 13.7. The lowest BCUT2D eigenvalue weighted by molar-refractivity contribution is -0.143. The third-order valence-corrected chi connectivity index (χ3v) is 10.1. The van der Waals surface area contributed by atoms with E-state index in [9.17, 15) is 22.8 Å². The molecule has 3 heterocycles. The number of likely N-dealkylation sites (tertiary alicyclic amines) is 2. The van der Waals surface area contributed by atoms with Crippen molar-refractivity contribution in [3.8, 4) is 0 Å². The van der Waals surface area contributed by atoms with Gasteiger partial charge in [-0.25, -0.2) is 13.2 Å². The molecular formula is C27H35BrN6O5S. The molecule has 0 spiro atoms. The number of nitrogens with one attached hydrogen (secondary N) is 1. The molecular weight excluding hydrogens is 600 g/mol. The Morgan fingerprint density at radius 2 is 1.65 bits per heavy atom. The Labute approximate surface area is 242 Å². The number of urea groups is 1. The first-order valence-corrected chi connectivity index (χ1v) is 15.9. The van der Waals surface area contributed by atoms with Gasteiger partial charge in [0.15, 0.2) is 0 Å². The number of sulfonamides is 1. The Bertz CT molecular complexity index is 1400. The van der Waals surface area contributed by atoms with Crippen molar-refractivity contribution in [1.29, 1.82) is 0 Å². The zero-order chi connectivity index (χ0) is 28.4. The van der Waals surface area contributed by atoms with Crippen LogP contribution < -0.4 is 10.5 Å². The first-order chi connectivity index (χ1) is 19.1. The fourth-order valence-corrected chi connectivity index (χ4v) is 7.52. The van der Waals surface area contributed by atoms with Crippen molar-refractivity contribution in [2.75, 3.05) is 52.4 Å². The molecule has 2 unspecified atom stereocenters. The summed E-state index contributed by atoms with van der Waals surface area (Å²) < 4.78 is 29.9. The Balaban J connectivity index is 1.19. The number of amides is 4. The van der Waals surface area contributed by atoms with E-state index in [1.54, 1.807) is 17.0 Å². The highest BCUT2D eigenvalue weighted by Crippen LogP contribution is 2.24. The van der Waals surface area contributed by atoms with Gasteiger partial charge in [0.25, 0.3) is 0 Å². The third-order valence-electron chi connectivity index (χ3n) is 8.09. The predicted octanol–water partition coefficient (Wildman–Crippen LogP) is 1.56. The Morgan fingerprint density at radius 3 is 2.40 bits per heavy atom. The van der Waals surface area contributed by atoms with E-state index < -0.39 is 22.1 Å². The number of nitrogens with two attached hydrogens (primary N) is 1. The number of nitrogens with zero attached hydrogens (tertiary/aromatic N) is 4. The maximum Gasteiger partial charge on any atom is 0.314 e. The molecule has 40 heavy (non-hydrogen) atoms. The molecule has 3 fully saturated rings. The Morgan fingerprint density at radius 1 is 0.950 bits per heavy atom. The number of hydrogen-bond acceptors (Lipinski definition) is 6. The number of benzene rings is 2. The van der Waals surface area contributed by atoms with Gasteiger partial charge >= 0.3 is 6.03 Å². The molecule has 3 aliphatic rings. The number of piperazine rings is 1. The first kappa shape index (κ1) is 28.8. The summed E-state index contributed by atoms with van der Waals surface area (Å²) in [5, 5.41) is 1.68. The highest BCUT2D eigenvalue weighted by atomic mass is 79.9. The van der Waals surface area contributed by atoms with Crippen LogP contribution in [0.25, 0.3) is 10.8 Å². The predicted molar refractivity (Wildman–Crippen MR) is 154 cm³/mol. The minimum atomic E-state index is -3.94. The van der Waals surface area contributed by atoms with Gasteiger partial charge in [-0.2, -0.15) is 4.72 Å². The van der Waals surface area contributed by atoms with Gasteiger partial charge < -0.3 is 20.4 Å². The average molecular weight is 636 g/mol. The number of hydrogen-bond donors (Lipinski definition) is 2. The van der Waals surface area contributed by atoms with E-state index in [1.807, 2.05) is 23.1 Å². The maximum absolute atomic E-state index is 13.3. The lowest BCUT2D eigenvalue weighted by Gasteiger charge is -2.37. The van der Waals surface area contributed by atoms with E-state index in [0.717, 1.165) is 34.6 Å². The fourth-order valence-electron chi connectivity index (χ4n) is 5.88. The van der Waals surface area contributed by atoms with Crippen LogP contribution in [0.4, 0.5) is 4.79 Å². The number of fused-ring (bicyclic) bond motifs is 1. The molecule has 4 amide bonds. The van der Waals surface area contributed by atoms with Gasteiger partial charge in [0, 0.05) is 56.3 Å². The number of piperidine rings is 1. The second-order valence-corrected chi connectivity index (χ2v) is 13.4. The van der Waals surface area contributed by atoms with Gasteiger partial charge in [-0.3, -0.25) is 14.5 Å². The van der Waals surface area contributed by atoms with Crippen LogP contribution in [0.2, 0.25) is 0 Å². The quantitative estimate of drug-likeness (QED) is 0.474. The van der Waals surface area contributed by atoms with Crippen LogP contribution in [0.5, 0.6) is 0 Å². The van der Waals surface area contributed by atoms with Gasteiger partial charge in [-0.15, -0.1) is 0 Å². The molecule has 0 aromatic heterocycles. The molecule has 3 N–H and O–H groups in total. The molecule has 11 nitrogen and oxygen atoms in total. The van der Waals surface area contributed by atoms with E-state index in [1.165, 1.54) is 11.0 Å².